The van der Waals surface area contributed by atoms with Crippen molar-refractivity contribution >= 4 is 11.9 Å². The van der Waals surface area contributed by atoms with Crippen LogP contribution in [0.15, 0.2) is 0 Å². The molecule has 1 aliphatic carbocycles. The van der Waals surface area contributed by atoms with Crippen LogP contribution in [-0.2, 0) is 9.59 Å². The number of amides is 1. The van der Waals surface area contributed by atoms with E-state index in [4.69, 9.17) is 0 Å². The molecule has 1 saturated heterocycles. The molecule has 0 aromatic rings. The zero-order valence-electron chi connectivity index (χ0n) is 10.8. The number of carbonyl (C=O) groups excluding carboxylic acids is 1. The second-order valence-electron chi connectivity index (χ2n) is 5.55. The van der Waals surface area contributed by atoms with Gasteiger partial charge < -0.3 is 5.11 Å². The molecule has 5 heteroatoms. The fourth-order valence-corrected chi connectivity index (χ4v) is 3.05. The first kappa shape index (κ1) is 13.3. The Kier molecular flexibility index (Phi) is 4.22. The van der Waals surface area contributed by atoms with Crippen LogP contribution < -0.4 is 5.43 Å². The fraction of sp³-hybridized carbons (Fsp3) is 0.846. The monoisotopic (exact) mass is 254 g/mol. The quantitative estimate of drug-likeness (QED) is 0.798. The third-order valence-electron chi connectivity index (χ3n) is 4.15. The lowest BCUT2D eigenvalue weighted by atomic mass is 9.82. The Morgan fingerprint density at radius 2 is 1.67 bits per heavy atom. The minimum absolute atomic E-state index is 0.124. The van der Waals surface area contributed by atoms with E-state index in [2.05, 4.69) is 5.43 Å². The van der Waals surface area contributed by atoms with Crippen LogP contribution in [0, 0.1) is 5.41 Å². The van der Waals surface area contributed by atoms with Gasteiger partial charge >= 0.3 is 5.97 Å². The number of nitrogens with one attached hydrogen (secondary N) is 1. The number of rotatable bonds is 4. The van der Waals surface area contributed by atoms with Crippen LogP contribution in [-0.4, -0.2) is 35.1 Å². The van der Waals surface area contributed by atoms with Gasteiger partial charge in [0.1, 0.15) is 0 Å². The highest BCUT2D eigenvalue weighted by Gasteiger charge is 2.43. The Labute approximate surface area is 108 Å². The lowest BCUT2D eigenvalue weighted by Crippen LogP contribution is -2.47. The van der Waals surface area contributed by atoms with Crippen LogP contribution in [0.1, 0.15) is 51.4 Å². The van der Waals surface area contributed by atoms with E-state index in [-0.39, 0.29) is 12.3 Å². The average molecular weight is 254 g/mol. The molecule has 0 bridgehead atoms. The van der Waals surface area contributed by atoms with E-state index in [1.165, 1.54) is 6.42 Å². The van der Waals surface area contributed by atoms with Crippen molar-refractivity contribution in [3.05, 3.63) is 0 Å². The molecule has 2 fully saturated rings. The van der Waals surface area contributed by atoms with E-state index in [0.29, 0.717) is 12.8 Å². The van der Waals surface area contributed by atoms with Gasteiger partial charge in [-0.15, -0.1) is 0 Å². The highest BCUT2D eigenvalue weighted by Crippen LogP contribution is 2.41. The summed E-state index contributed by atoms with van der Waals surface area (Å²) in [6.45, 7) is 1.76. The molecule has 102 valence electrons. The molecule has 1 heterocycles. The summed E-state index contributed by atoms with van der Waals surface area (Å²) in [6, 6.07) is 0. The van der Waals surface area contributed by atoms with E-state index in [1.54, 1.807) is 0 Å². The summed E-state index contributed by atoms with van der Waals surface area (Å²) in [7, 11) is 0. The number of carboxylic acids is 1. The maximum absolute atomic E-state index is 12.0. The summed E-state index contributed by atoms with van der Waals surface area (Å²) < 4.78 is 0. The molecule has 2 N–H and O–H groups in total. The highest BCUT2D eigenvalue weighted by atomic mass is 16.4. The van der Waals surface area contributed by atoms with Crippen molar-refractivity contribution in [3.63, 3.8) is 0 Å². The molecule has 5 nitrogen and oxygen atoms in total. The van der Waals surface area contributed by atoms with Crippen molar-refractivity contribution in [1.82, 2.24) is 10.4 Å². The fourth-order valence-electron chi connectivity index (χ4n) is 3.05. The molecule has 0 spiro atoms. The molecule has 0 aromatic carbocycles. The SMILES string of the molecule is O=C(CC1(C(=O)O)CCCC1)NN1CCCCC1. The second kappa shape index (κ2) is 5.69. The smallest absolute Gasteiger partial charge is 0.310 e. The second-order valence-corrected chi connectivity index (χ2v) is 5.55. The summed E-state index contributed by atoms with van der Waals surface area (Å²) in [5, 5.41) is 11.3. The highest BCUT2D eigenvalue weighted by molar-refractivity contribution is 5.84. The molecule has 2 aliphatic rings. The van der Waals surface area contributed by atoms with E-state index in [0.717, 1.165) is 38.8 Å². The zero-order valence-corrected chi connectivity index (χ0v) is 10.8. The van der Waals surface area contributed by atoms with Gasteiger partial charge in [-0.1, -0.05) is 19.3 Å². The van der Waals surface area contributed by atoms with Crippen molar-refractivity contribution < 1.29 is 14.7 Å². The summed E-state index contributed by atoms with van der Waals surface area (Å²) in [6.07, 6.45) is 6.65. The number of piperidine rings is 1. The van der Waals surface area contributed by atoms with Crippen LogP contribution in [0.5, 0.6) is 0 Å². The van der Waals surface area contributed by atoms with Crippen molar-refractivity contribution in [2.45, 2.75) is 51.4 Å². The number of hydrogen-bond donors (Lipinski definition) is 2. The molecule has 18 heavy (non-hydrogen) atoms. The van der Waals surface area contributed by atoms with Gasteiger partial charge in [0.2, 0.25) is 5.91 Å². The molecule has 0 atom stereocenters. The maximum atomic E-state index is 12.0. The van der Waals surface area contributed by atoms with Crippen molar-refractivity contribution in [2.75, 3.05) is 13.1 Å². The first-order valence-corrected chi connectivity index (χ1v) is 6.90. The zero-order chi connectivity index (χ0) is 13.0. The van der Waals surface area contributed by atoms with Crippen molar-refractivity contribution in [2.24, 2.45) is 5.41 Å². The third kappa shape index (κ3) is 3.02. The largest absolute Gasteiger partial charge is 0.481 e. The van der Waals surface area contributed by atoms with Gasteiger partial charge in [-0.05, 0) is 25.7 Å². The van der Waals surface area contributed by atoms with Crippen molar-refractivity contribution in [1.29, 1.82) is 0 Å². The summed E-state index contributed by atoms with van der Waals surface area (Å²) in [4.78, 5) is 23.3. The predicted octanol–water partition coefficient (Wildman–Crippen LogP) is 1.54. The Morgan fingerprint density at radius 3 is 2.22 bits per heavy atom. The van der Waals surface area contributed by atoms with E-state index in [1.807, 2.05) is 5.01 Å². The number of carbonyl (C=O) groups is 2. The Bertz CT molecular complexity index is 318. The first-order chi connectivity index (χ1) is 8.62. The van der Waals surface area contributed by atoms with Gasteiger partial charge in [0, 0.05) is 19.5 Å². The molecule has 0 radical (unpaired) electrons. The van der Waals surface area contributed by atoms with Gasteiger partial charge in [0.05, 0.1) is 5.41 Å². The molecular formula is C13H22N2O3. The molecule has 0 aromatic heterocycles. The lowest BCUT2D eigenvalue weighted by Gasteiger charge is -2.29. The number of hydrazine groups is 1. The lowest BCUT2D eigenvalue weighted by molar-refractivity contribution is -0.152. The van der Waals surface area contributed by atoms with Crippen LogP contribution in [0.3, 0.4) is 0 Å². The van der Waals surface area contributed by atoms with Gasteiger partial charge in [0.15, 0.2) is 0 Å². The number of carboxylic acid groups (broad SMARTS) is 1. The average Bonchev–Trinajstić information content (AvgIpc) is 2.80. The standard InChI is InChI=1S/C13H22N2O3/c16-11(14-15-8-4-1-5-9-15)10-13(12(17)18)6-2-3-7-13/h1-10H2,(H,14,16)(H,17,18). The summed E-state index contributed by atoms with van der Waals surface area (Å²) in [5.41, 5.74) is 2.05. The van der Waals surface area contributed by atoms with E-state index < -0.39 is 11.4 Å². The molecule has 1 amide bonds. The molecule has 2 rings (SSSR count). The molecule has 0 unspecified atom stereocenters. The molecular weight excluding hydrogens is 232 g/mol. The van der Waals surface area contributed by atoms with E-state index >= 15 is 0 Å². The number of hydrogen-bond acceptors (Lipinski definition) is 3. The maximum Gasteiger partial charge on any atom is 0.310 e. The minimum atomic E-state index is -0.811. The van der Waals surface area contributed by atoms with Crippen LogP contribution in [0.2, 0.25) is 0 Å². The molecule has 1 saturated carbocycles. The van der Waals surface area contributed by atoms with Gasteiger partial charge in [0.25, 0.3) is 0 Å². The van der Waals surface area contributed by atoms with Crippen LogP contribution >= 0.6 is 0 Å². The normalized spacial score (nSPS) is 23.8. The Balaban J connectivity index is 1.87. The molecule has 1 aliphatic heterocycles. The Morgan fingerprint density at radius 1 is 1.06 bits per heavy atom. The third-order valence-corrected chi connectivity index (χ3v) is 4.15. The number of aliphatic carboxylic acids is 1. The topological polar surface area (TPSA) is 69.6 Å². The number of nitrogens with zero attached hydrogens (tertiary/aromatic N) is 1. The van der Waals surface area contributed by atoms with Crippen molar-refractivity contribution in [3.8, 4) is 0 Å². The van der Waals surface area contributed by atoms with Gasteiger partial charge in [-0.2, -0.15) is 0 Å². The predicted molar refractivity (Wildman–Crippen MR) is 66.7 cm³/mol. The first-order valence-electron chi connectivity index (χ1n) is 6.90. The van der Waals surface area contributed by atoms with Gasteiger partial charge in [-0.25, -0.2) is 5.01 Å². The minimum Gasteiger partial charge on any atom is -0.481 e. The van der Waals surface area contributed by atoms with Crippen LogP contribution in [0.4, 0.5) is 0 Å². The van der Waals surface area contributed by atoms with Crippen LogP contribution in [0.25, 0.3) is 0 Å². The summed E-state index contributed by atoms with van der Waals surface area (Å²) >= 11 is 0. The summed E-state index contributed by atoms with van der Waals surface area (Å²) in [5.74, 6) is -0.949. The van der Waals surface area contributed by atoms with E-state index in [9.17, 15) is 14.7 Å². The Hall–Kier alpha value is -1.10. The van der Waals surface area contributed by atoms with Gasteiger partial charge in [-0.3, -0.25) is 15.0 Å².